The number of ether oxygens (including phenoxy) is 1. The lowest BCUT2D eigenvalue weighted by Crippen LogP contribution is -2.60. The number of carbonyl (C=O) groups excluding carboxylic acids is 3. The Balaban J connectivity index is 1.33. The number of hydrogen-bond acceptors (Lipinski definition) is 9. The number of carbonyl (C=O) groups is 4. The number of carboxylic acid groups (broad SMARTS) is 1. The summed E-state index contributed by atoms with van der Waals surface area (Å²) in [5.74, 6) is -3.03. The zero-order valence-corrected chi connectivity index (χ0v) is 27.0. The van der Waals surface area contributed by atoms with Gasteiger partial charge in [-0.05, 0) is 45.7 Å². The highest BCUT2D eigenvalue weighted by Gasteiger charge is 2.41. The molecule has 0 spiro atoms. The first-order chi connectivity index (χ1) is 21.9. The minimum absolute atomic E-state index is 0.00220. The van der Waals surface area contributed by atoms with E-state index < -0.39 is 29.2 Å². The molecule has 14 nitrogen and oxygen atoms in total. The van der Waals surface area contributed by atoms with E-state index in [4.69, 9.17) is 16.3 Å². The average molecular weight is 653 g/mol. The molecule has 244 valence electrons. The van der Waals surface area contributed by atoms with E-state index in [9.17, 15) is 24.3 Å². The van der Waals surface area contributed by atoms with Crippen LogP contribution in [-0.2, 0) is 35.8 Å². The molecular weight excluding hydrogens is 616 g/mol. The molecule has 2 aromatic carbocycles. The van der Waals surface area contributed by atoms with E-state index in [1.54, 1.807) is 48.4 Å². The first-order valence-electron chi connectivity index (χ1n) is 14.9. The van der Waals surface area contributed by atoms with Gasteiger partial charge in [-0.1, -0.05) is 44.5 Å². The highest BCUT2D eigenvalue weighted by atomic mass is 35.5. The summed E-state index contributed by atoms with van der Waals surface area (Å²) < 4.78 is 6.55. The van der Waals surface area contributed by atoms with Crippen LogP contribution in [0.4, 0.5) is 11.4 Å². The van der Waals surface area contributed by atoms with Gasteiger partial charge in [0.1, 0.15) is 12.4 Å². The maximum Gasteiger partial charge on any atom is 0.326 e. The van der Waals surface area contributed by atoms with Crippen LogP contribution in [0, 0.1) is 0 Å². The normalized spacial score (nSPS) is 17.2. The number of aliphatic carboxylic acids is 1. The van der Waals surface area contributed by atoms with Gasteiger partial charge in [-0.3, -0.25) is 19.3 Å². The number of anilines is 2. The SMILES string of the molecule is COCCN1CCN(c2ccc(CC(C(=O)O)N3CCN(c4cc(Cl)cc(-n5cnnn5)c4C(C)(C)C)C(=O)C3=O)cc2)C(=O)C1. The number of carboxylic acids is 1. The Morgan fingerprint density at radius 2 is 1.70 bits per heavy atom. The van der Waals surface area contributed by atoms with Gasteiger partial charge in [0.25, 0.3) is 0 Å². The first kappa shape index (κ1) is 33.0. The number of methoxy groups -OCH3 is 1. The van der Waals surface area contributed by atoms with Crippen LogP contribution in [0.15, 0.2) is 42.7 Å². The Morgan fingerprint density at radius 1 is 1.00 bits per heavy atom. The molecule has 46 heavy (non-hydrogen) atoms. The third kappa shape index (κ3) is 6.88. The lowest BCUT2D eigenvalue weighted by atomic mass is 9.83. The van der Waals surface area contributed by atoms with Crippen molar-refractivity contribution in [2.24, 2.45) is 0 Å². The number of aromatic nitrogens is 4. The summed E-state index contributed by atoms with van der Waals surface area (Å²) in [7, 11) is 1.63. The largest absolute Gasteiger partial charge is 0.480 e. The summed E-state index contributed by atoms with van der Waals surface area (Å²) in [5.41, 5.74) is 2.54. The Morgan fingerprint density at radius 3 is 2.30 bits per heavy atom. The minimum atomic E-state index is -1.27. The number of hydrogen-bond donors (Lipinski definition) is 1. The van der Waals surface area contributed by atoms with Crippen LogP contribution < -0.4 is 9.80 Å². The average Bonchev–Trinajstić information content (AvgIpc) is 3.55. The molecule has 0 saturated carbocycles. The van der Waals surface area contributed by atoms with Crippen molar-refractivity contribution in [1.29, 1.82) is 0 Å². The summed E-state index contributed by atoms with van der Waals surface area (Å²) in [4.78, 5) is 58.6. The maximum absolute atomic E-state index is 13.6. The molecule has 2 saturated heterocycles. The number of halogens is 1. The van der Waals surface area contributed by atoms with E-state index in [1.165, 1.54) is 15.9 Å². The monoisotopic (exact) mass is 652 g/mol. The predicted octanol–water partition coefficient (Wildman–Crippen LogP) is 1.78. The second kappa shape index (κ2) is 13.5. The highest BCUT2D eigenvalue weighted by Crippen LogP contribution is 2.40. The minimum Gasteiger partial charge on any atom is -0.480 e. The van der Waals surface area contributed by atoms with Crippen LogP contribution in [-0.4, -0.2) is 118 Å². The Kier molecular flexibility index (Phi) is 9.70. The zero-order valence-electron chi connectivity index (χ0n) is 26.2. The van der Waals surface area contributed by atoms with Gasteiger partial charge in [0.2, 0.25) is 5.91 Å². The number of rotatable bonds is 10. The van der Waals surface area contributed by atoms with Crippen molar-refractivity contribution >= 4 is 46.7 Å². The summed E-state index contributed by atoms with van der Waals surface area (Å²) in [6.07, 6.45) is 1.41. The molecule has 0 aliphatic carbocycles. The van der Waals surface area contributed by atoms with Gasteiger partial charge in [0.15, 0.2) is 0 Å². The van der Waals surface area contributed by atoms with Gasteiger partial charge in [0, 0.05) is 62.5 Å². The summed E-state index contributed by atoms with van der Waals surface area (Å²) in [5, 5.41) is 21.9. The van der Waals surface area contributed by atoms with Crippen LogP contribution in [0.2, 0.25) is 5.02 Å². The molecule has 0 radical (unpaired) electrons. The molecule has 3 heterocycles. The molecule has 5 rings (SSSR count). The highest BCUT2D eigenvalue weighted by molar-refractivity contribution is 6.41. The van der Waals surface area contributed by atoms with Gasteiger partial charge < -0.3 is 24.5 Å². The van der Waals surface area contributed by atoms with E-state index in [0.717, 1.165) is 4.90 Å². The van der Waals surface area contributed by atoms with Gasteiger partial charge in [0.05, 0.1) is 24.5 Å². The number of amides is 3. The van der Waals surface area contributed by atoms with Gasteiger partial charge in [-0.25, -0.2) is 9.48 Å². The van der Waals surface area contributed by atoms with Crippen LogP contribution in [0.3, 0.4) is 0 Å². The standard InChI is InChI=1S/C31H37ClN8O6/c1-31(2,3)27-23(16-21(32)17-24(27)40-19-33-34-35-40)38-11-12-39(29(43)28(38)42)25(30(44)45)15-20-5-7-22(8-6-20)37-10-9-36(13-14-46-4)18-26(37)41/h5-8,16-17,19,25H,9-15,18H2,1-4H3,(H,44,45). The van der Waals surface area contributed by atoms with E-state index >= 15 is 0 Å². The van der Waals surface area contributed by atoms with Crippen molar-refractivity contribution in [3.05, 3.63) is 58.9 Å². The van der Waals surface area contributed by atoms with Crippen LogP contribution in [0.5, 0.6) is 0 Å². The van der Waals surface area contributed by atoms with Gasteiger partial charge >= 0.3 is 17.8 Å². The molecular formula is C31H37ClN8O6. The van der Waals surface area contributed by atoms with Crippen molar-refractivity contribution in [2.75, 3.05) is 62.8 Å². The van der Waals surface area contributed by atoms with E-state index in [2.05, 4.69) is 15.5 Å². The number of piperazine rings is 2. The van der Waals surface area contributed by atoms with Crippen molar-refractivity contribution in [3.8, 4) is 5.69 Å². The lowest BCUT2D eigenvalue weighted by molar-refractivity contribution is -0.155. The molecule has 2 aliphatic rings. The quantitative estimate of drug-likeness (QED) is 0.321. The Bertz CT molecular complexity index is 1610. The summed E-state index contributed by atoms with van der Waals surface area (Å²) >= 11 is 6.48. The fourth-order valence-corrected chi connectivity index (χ4v) is 6.17. The summed E-state index contributed by atoms with van der Waals surface area (Å²) in [6.45, 7) is 8.70. The van der Waals surface area contributed by atoms with E-state index in [-0.39, 0.29) is 25.4 Å². The van der Waals surface area contributed by atoms with E-state index in [1.807, 2.05) is 25.7 Å². The lowest BCUT2D eigenvalue weighted by Gasteiger charge is -2.39. The van der Waals surface area contributed by atoms with E-state index in [0.29, 0.717) is 66.0 Å². The van der Waals surface area contributed by atoms with Crippen molar-refractivity contribution < 1.29 is 29.0 Å². The first-order valence-corrected chi connectivity index (χ1v) is 15.3. The topological polar surface area (TPSA) is 154 Å². The van der Waals surface area contributed by atoms with Crippen LogP contribution in [0.25, 0.3) is 5.69 Å². The molecule has 1 atom stereocenters. The van der Waals surface area contributed by atoms with Crippen molar-refractivity contribution in [1.82, 2.24) is 30.0 Å². The fourth-order valence-electron chi connectivity index (χ4n) is 5.96. The fraction of sp³-hybridized carbons (Fsp3) is 0.452. The van der Waals surface area contributed by atoms with Gasteiger partial charge in [-0.15, -0.1) is 5.10 Å². The molecule has 3 aromatic rings. The molecule has 1 aromatic heterocycles. The third-order valence-electron chi connectivity index (χ3n) is 8.20. The zero-order chi connectivity index (χ0) is 33.2. The maximum atomic E-state index is 13.6. The van der Waals surface area contributed by atoms with Crippen molar-refractivity contribution in [3.63, 3.8) is 0 Å². The predicted molar refractivity (Wildman–Crippen MR) is 169 cm³/mol. The van der Waals surface area contributed by atoms with Crippen molar-refractivity contribution in [2.45, 2.75) is 38.6 Å². The second-order valence-corrected chi connectivity index (χ2v) is 12.8. The molecule has 2 fully saturated rings. The number of nitrogens with zero attached hydrogens (tertiary/aromatic N) is 8. The Labute approximate surface area is 271 Å². The molecule has 1 unspecified atom stereocenters. The summed E-state index contributed by atoms with van der Waals surface area (Å²) in [6, 6.07) is 9.09. The molecule has 15 heteroatoms. The molecule has 1 N–H and O–H groups in total. The number of benzene rings is 2. The van der Waals surface area contributed by atoms with Crippen LogP contribution >= 0.6 is 11.6 Å². The van der Waals surface area contributed by atoms with Crippen LogP contribution in [0.1, 0.15) is 31.9 Å². The Hall–Kier alpha value is -4.40. The molecule has 0 bridgehead atoms. The van der Waals surface area contributed by atoms with Gasteiger partial charge in [-0.2, -0.15) is 0 Å². The molecule has 2 aliphatic heterocycles. The third-order valence-corrected chi connectivity index (χ3v) is 8.42. The molecule has 3 amide bonds. The smallest absolute Gasteiger partial charge is 0.326 e. The second-order valence-electron chi connectivity index (χ2n) is 12.3. The number of tetrazole rings is 1.